The van der Waals surface area contributed by atoms with E-state index in [4.69, 9.17) is 0 Å². The number of aromatic nitrogens is 1. The Balaban J connectivity index is 2.24. The molecule has 5 nitrogen and oxygen atoms in total. The summed E-state index contributed by atoms with van der Waals surface area (Å²) in [5.41, 5.74) is 2.00. The highest BCUT2D eigenvalue weighted by Gasteiger charge is 2.03. The Labute approximate surface area is 119 Å². The third-order valence-electron chi connectivity index (χ3n) is 2.46. The number of nitrogens with zero attached hydrogens (tertiary/aromatic N) is 4. The molecular formula is C13H13BrN4O. The predicted octanol–water partition coefficient (Wildman–Crippen LogP) is 4.03. The van der Waals surface area contributed by atoms with E-state index >= 15 is 0 Å². The number of rotatable bonds is 3. The molecule has 1 aromatic heterocycles. The Morgan fingerprint density at radius 3 is 2.58 bits per heavy atom. The van der Waals surface area contributed by atoms with Crippen LogP contribution < -0.4 is 4.90 Å². The molecule has 0 saturated carbocycles. The van der Waals surface area contributed by atoms with Crippen molar-refractivity contribution in [1.82, 2.24) is 4.98 Å². The lowest BCUT2D eigenvalue weighted by Crippen LogP contribution is -2.07. The van der Waals surface area contributed by atoms with Gasteiger partial charge < -0.3 is 10.0 Å². The molecule has 0 saturated heterocycles. The zero-order chi connectivity index (χ0) is 13.8. The van der Waals surface area contributed by atoms with Gasteiger partial charge in [0.05, 0.1) is 5.69 Å². The molecule has 1 N–H and O–H groups in total. The molecule has 0 aliphatic carbocycles. The smallest absolute Gasteiger partial charge is 0.145 e. The molecule has 0 aliphatic heterocycles. The maximum absolute atomic E-state index is 9.87. The summed E-state index contributed by atoms with van der Waals surface area (Å²) in [5.74, 6) is 0.100. The fourth-order valence-corrected chi connectivity index (χ4v) is 1.79. The number of phenols is 1. The van der Waals surface area contributed by atoms with Crippen LogP contribution in [0.2, 0.25) is 0 Å². The highest BCUT2D eigenvalue weighted by atomic mass is 79.9. The van der Waals surface area contributed by atoms with Crippen molar-refractivity contribution in [2.45, 2.75) is 0 Å². The summed E-state index contributed by atoms with van der Waals surface area (Å²) in [4.78, 5) is 5.91. The van der Waals surface area contributed by atoms with Crippen LogP contribution in [0.1, 0.15) is 0 Å². The highest BCUT2D eigenvalue weighted by molar-refractivity contribution is 9.10. The summed E-state index contributed by atoms with van der Waals surface area (Å²) in [7, 11) is 3.81. The number of hydrogen-bond acceptors (Lipinski definition) is 5. The van der Waals surface area contributed by atoms with Crippen molar-refractivity contribution in [2.75, 3.05) is 19.0 Å². The van der Waals surface area contributed by atoms with Crippen LogP contribution in [0.4, 0.5) is 17.1 Å². The van der Waals surface area contributed by atoms with E-state index in [-0.39, 0.29) is 5.75 Å². The van der Waals surface area contributed by atoms with E-state index in [9.17, 15) is 5.11 Å². The summed E-state index contributed by atoms with van der Waals surface area (Å²) < 4.78 is 0.691. The fourth-order valence-electron chi connectivity index (χ4n) is 1.44. The normalized spacial score (nSPS) is 10.9. The van der Waals surface area contributed by atoms with Crippen molar-refractivity contribution in [2.24, 2.45) is 10.2 Å². The van der Waals surface area contributed by atoms with Crippen LogP contribution in [0.25, 0.3) is 0 Å². The molecule has 2 aromatic rings. The van der Waals surface area contributed by atoms with Crippen LogP contribution in [0, 0.1) is 0 Å². The topological polar surface area (TPSA) is 61.1 Å². The van der Waals surface area contributed by atoms with Gasteiger partial charge in [-0.3, -0.25) is 0 Å². The number of aromatic hydroxyl groups is 1. The number of hydrogen-bond donors (Lipinski definition) is 1. The van der Waals surface area contributed by atoms with Crippen LogP contribution in [0.15, 0.2) is 51.4 Å². The third kappa shape index (κ3) is 3.51. The van der Waals surface area contributed by atoms with Crippen molar-refractivity contribution in [3.8, 4) is 5.75 Å². The quantitative estimate of drug-likeness (QED) is 0.686. The minimum absolute atomic E-state index is 0.100. The van der Waals surface area contributed by atoms with Crippen molar-refractivity contribution in [1.29, 1.82) is 0 Å². The number of azo groups is 1. The Morgan fingerprint density at radius 2 is 1.95 bits per heavy atom. The largest absolute Gasteiger partial charge is 0.506 e. The molecule has 1 heterocycles. The first-order valence-corrected chi connectivity index (χ1v) is 6.39. The molecular weight excluding hydrogens is 308 g/mol. The van der Waals surface area contributed by atoms with Gasteiger partial charge in [-0.05, 0) is 40.2 Å². The molecule has 0 aliphatic rings. The van der Waals surface area contributed by atoms with E-state index in [0.29, 0.717) is 16.0 Å². The zero-order valence-corrected chi connectivity index (χ0v) is 12.2. The minimum atomic E-state index is 0.100. The lowest BCUT2D eigenvalue weighted by atomic mass is 10.2. The van der Waals surface area contributed by atoms with Crippen molar-refractivity contribution < 1.29 is 5.11 Å². The van der Waals surface area contributed by atoms with E-state index in [1.807, 2.05) is 25.1 Å². The van der Waals surface area contributed by atoms with Gasteiger partial charge in [-0.2, -0.15) is 5.11 Å². The number of pyridine rings is 1. The molecule has 6 heteroatoms. The lowest BCUT2D eigenvalue weighted by Gasteiger charge is -2.12. The second-order valence-electron chi connectivity index (χ2n) is 4.10. The van der Waals surface area contributed by atoms with E-state index in [2.05, 4.69) is 31.1 Å². The summed E-state index contributed by atoms with van der Waals surface area (Å²) >= 11 is 3.26. The third-order valence-corrected chi connectivity index (χ3v) is 2.89. The van der Waals surface area contributed by atoms with Crippen molar-refractivity contribution >= 4 is 33.0 Å². The summed E-state index contributed by atoms with van der Waals surface area (Å²) in [6.45, 7) is 0. The van der Waals surface area contributed by atoms with Crippen molar-refractivity contribution in [3.63, 3.8) is 0 Å². The van der Waals surface area contributed by atoms with Crippen LogP contribution >= 0.6 is 15.9 Å². The van der Waals surface area contributed by atoms with Gasteiger partial charge in [0.2, 0.25) is 0 Å². The van der Waals surface area contributed by atoms with Gasteiger partial charge in [0.25, 0.3) is 0 Å². The van der Waals surface area contributed by atoms with Gasteiger partial charge in [-0.25, -0.2) is 4.98 Å². The van der Waals surface area contributed by atoms with Crippen LogP contribution in [-0.2, 0) is 0 Å². The van der Waals surface area contributed by atoms with Crippen LogP contribution in [0.3, 0.4) is 0 Å². The Kier molecular flexibility index (Phi) is 4.11. The molecule has 0 unspecified atom stereocenters. The summed E-state index contributed by atoms with van der Waals surface area (Å²) in [6, 6.07) is 8.73. The molecule has 0 spiro atoms. The minimum Gasteiger partial charge on any atom is -0.506 e. The molecule has 98 valence electrons. The molecule has 0 fully saturated rings. The summed E-state index contributed by atoms with van der Waals surface area (Å²) in [5, 5.41) is 18.0. The number of halogens is 1. The zero-order valence-electron chi connectivity index (χ0n) is 10.6. The van der Waals surface area contributed by atoms with Crippen LogP contribution in [-0.4, -0.2) is 24.2 Å². The molecule has 1 aromatic carbocycles. The first kappa shape index (κ1) is 13.5. The molecule has 2 rings (SSSR count). The summed E-state index contributed by atoms with van der Waals surface area (Å²) in [6.07, 6.45) is 1.63. The molecule has 0 radical (unpaired) electrons. The van der Waals surface area contributed by atoms with E-state index in [1.165, 1.54) is 0 Å². The second-order valence-corrected chi connectivity index (χ2v) is 4.92. The van der Waals surface area contributed by atoms with Gasteiger partial charge >= 0.3 is 0 Å². The molecule has 19 heavy (non-hydrogen) atoms. The average Bonchev–Trinajstić information content (AvgIpc) is 2.37. The van der Waals surface area contributed by atoms with Gasteiger partial charge in [0.1, 0.15) is 16.0 Å². The van der Waals surface area contributed by atoms with Gasteiger partial charge in [0, 0.05) is 32.0 Å². The highest BCUT2D eigenvalue weighted by Crippen LogP contribution is 2.31. The maximum Gasteiger partial charge on any atom is 0.145 e. The molecule has 0 atom stereocenters. The Bertz CT molecular complexity index is 613. The van der Waals surface area contributed by atoms with Gasteiger partial charge in [0.15, 0.2) is 0 Å². The monoisotopic (exact) mass is 320 g/mol. The number of phenolic OH excluding ortho intramolecular Hbond substituents is 1. The van der Waals surface area contributed by atoms with E-state index in [1.54, 1.807) is 30.5 Å². The number of anilines is 1. The van der Waals surface area contributed by atoms with Gasteiger partial charge in [-0.1, -0.05) is 0 Å². The fraction of sp³-hybridized carbons (Fsp3) is 0.154. The van der Waals surface area contributed by atoms with E-state index in [0.717, 1.165) is 5.69 Å². The predicted molar refractivity (Wildman–Crippen MR) is 78.5 cm³/mol. The Hall–Kier alpha value is -1.95. The van der Waals surface area contributed by atoms with Gasteiger partial charge in [-0.15, -0.1) is 5.11 Å². The van der Waals surface area contributed by atoms with Crippen molar-refractivity contribution in [3.05, 3.63) is 41.1 Å². The molecule has 0 bridgehead atoms. The average molecular weight is 321 g/mol. The van der Waals surface area contributed by atoms with E-state index < -0.39 is 0 Å². The molecule has 0 amide bonds. The van der Waals surface area contributed by atoms with Crippen LogP contribution in [0.5, 0.6) is 5.75 Å². The SMILES string of the molecule is CN(C)c1ccc(/N=N/c2ccnc(Br)c2)c(O)c1. The first-order valence-electron chi connectivity index (χ1n) is 5.60. The maximum atomic E-state index is 9.87. The first-order chi connectivity index (χ1) is 9.06. The number of benzene rings is 1. The second kappa shape index (κ2) is 5.79. The standard InChI is InChI=1S/C13H13BrN4O/c1-18(2)10-3-4-11(12(19)8-10)17-16-9-5-6-15-13(14)7-9/h3-8,19H,1-2H3/b17-16+. The lowest BCUT2D eigenvalue weighted by molar-refractivity contribution is 0.476. The Morgan fingerprint density at radius 1 is 1.16 bits per heavy atom.